The molecule has 0 heterocycles. The molecular formula is C17H17Br2N3O3S. The summed E-state index contributed by atoms with van der Waals surface area (Å²) < 4.78 is 7.30. The molecule has 0 radical (unpaired) electrons. The number of hydrogen-bond acceptors (Lipinski definition) is 4. The highest BCUT2D eigenvalue weighted by Crippen LogP contribution is 2.34. The van der Waals surface area contributed by atoms with Crippen LogP contribution in [0.5, 0.6) is 5.75 Å². The van der Waals surface area contributed by atoms with E-state index < -0.39 is 5.91 Å². The van der Waals surface area contributed by atoms with E-state index in [9.17, 15) is 9.59 Å². The van der Waals surface area contributed by atoms with Crippen molar-refractivity contribution >= 4 is 71.8 Å². The van der Waals surface area contributed by atoms with Crippen LogP contribution in [0, 0.1) is 0 Å². The molecule has 6 nitrogen and oxygen atoms in total. The SMILES string of the molecule is CCCC(=O)NC(=S)NNC(=O)COc1ccc2cc(Br)ccc2c1Br. The Balaban J connectivity index is 1.86. The molecule has 0 spiro atoms. The maximum absolute atomic E-state index is 11.9. The number of fused-ring (bicyclic) bond motifs is 1. The van der Waals surface area contributed by atoms with Crippen LogP contribution in [0.3, 0.4) is 0 Å². The zero-order valence-electron chi connectivity index (χ0n) is 13.9. The monoisotopic (exact) mass is 501 g/mol. The van der Waals surface area contributed by atoms with Crippen LogP contribution < -0.4 is 20.9 Å². The van der Waals surface area contributed by atoms with E-state index in [0.717, 1.165) is 19.7 Å². The van der Waals surface area contributed by atoms with Crippen molar-refractivity contribution < 1.29 is 14.3 Å². The van der Waals surface area contributed by atoms with E-state index in [1.165, 1.54) is 0 Å². The van der Waals surface area contributed by atoms with Gasteiger partial charge >= 0.3 is 0 Å². The summed E-state index contributed by atoms with van der Waals surface area (Å²) in [6, 6.07) is 9.58. The first-order chi connectivity index (χ1) is 12.4. The molecule has 2 aromatic rings. The number of hydrazine groups is 1. The molecular weight excluding hydrogens is 486 g/mol. The van der Waals surface area contributed by atoms with Crippen LogP contribution in [0.1, 0.15) is 19.8 Å². The number of carbonyl (C=O) groups is 2. The summed E-state index contributed by atoms with van der Waals surface area (Å²) in [6.07, 6.45) is 1.08. The zero-order valence-corrected chi connectivity index (χ0v) is 17.9. The summed E-state index contributed by atoms with van der Waals surface area (Å²) in [5, 5.41) is 4.51. The first-order valence-corrected chi connectivity index (χ1v) is 9.79. The van der Waals surface area contributed by atoms with Crippen molar-refractivity contribution in [2.75, 3.05) is 6.61 Å². The molecule has 0 bridgehead atoms. The van der Waals surface area contributed by atoms with Crippen molar-refractivity contribution in [1.29, 1.82) is 0 Å². The lowest BCUT2D eigenvalue weighted by Crippen LogP contribution is -2.49. The van der Waals surface area contributed by atoms with Gasteiger partial charge in [0.1, 0.15) is 5.75 Å². The van der Waals surface area contributed by atoms with Crippen molar-refractivity contribution in [3.8, 4) is 5.75 Å². The normalized spacial score (nSPS) is 10.3. The maximum Gasteiger partial charge on any atom is 0.276 e. The lowest BCUT2D eigenvalue weighted by atomic mass is 10.1. The summed E-state index contributed by atoms with van der Waals surface area (Å²) in [6.45, 7) is 1.68. The molecule has 2 rings (SSSR count). The van der Waals surface area contributed by atoms with Gasteiger partial charge in [-0.3, -0.25) is 20.4 Å². The Morgan fingerprint density at radius 3 is 2.62 bits per heavy atom. The highest BCUT2D eigenvalue weighted by Gasteiger charge is 2.10. The Morgan fingerprint density at radius 1 is 1.12 bits per heavy atom. The van der Waals surface area contributed by atoms with E-state index in [-0.39, 0.29) is 17.6 Å². The third-order valence-corrected chi connectivity index (χ3v) is 4.80. The Labute approximate surface area is 173 Å². The molecule has 3 N–H and O–H groups in total. The van der Waals surface area contributed by atoms with Gasteiger partial charge in [0.15, 0.2) is 11.7 Å². The number of amides is 2. The molecule has 2 amide bonds. The van der Waals surface area contributed by atoms with Crippen LogP contribution in [0.2, 0.25) is 0 Å². The van der Waals surface area contributed by atoms with E-state index in [4.69, 9.17) is 17.0 Å². The first-order valence-electron chi connectivity index (χ1n) is 7.80. The predicted molar refractivity (Wildman–Crippen MR) is 112 cm³/mol. The summed E-state index contributed by atoms with van der Waals surface area (Å²) in [5.74, 6) is -0.0871. The second-order valence-electron chi connectivity index (χ2n) is 5.33. The van der Waals surface area contributed by atoms with Gasteiger partial charge in [0, 0.05) is 10.9 Å². The zero-order chi connectivity index (χ0) is 19.1. The van der Waals surface area contributed by atoms with E-state index in [1.807, 2.05) is 31.2 Å². The van der Waals surface area contributed by atoms with E-state index in [2.05, 4.69) is 48.0 Å². The number of carbonyl (C=O) groups excluding carboxylic acids is 2. The van der Waals surface area contributed by atoms with Gasteiger partial charge in [-0.05, 0) is 63.5 Å². The minimum atomic E-state index is -0.431. The molecule has 9 heteroatoms. The maximum atomic E-state index is 11.9. The Morgan fingerprint density at radius 2 is 1.88 bits per heavy atom. The van der Waals surface area contributed by atoms with Gasteiger partial charge in [0.05, 0.1) is 4.47 Å². The smallest absolute Gasteiger partial charge is 0.276 e. The molecule has 0 aliphatic rings. The van der Waals surface area contributed by atoms with Gasteiger partial charge in [-0.1, -0.05) is 35.0 Å². The largest absolute Gasteiger partial charge is 0.483 e. The van der Waals surface area contributed by atoms with Gasteiger partial charge in [-0.2, -0.15) is 0 Å². The lowest BCUT2D eigenvalue weighted by molar-refractivity contribution is -0.124. The molecule has 0 saturated heterocycles. The third-order valence-electron chi connectivity index (χ3n) is 3.28. The number of ether oxygens (including phenoxy) is 1. The molecule has 0 atom stereocenters. The van der Waals surface area contributed by atoms with Gasteiger partial charge in [-0.15, -0.1) is 0 Å². The van der Waals surface area contributed by atoms with Gasteiger partial charge in [-0.25, -0.2) is 0 Å². The molecule has 2 aromatic carbocycles. The standard InChI is InChI=1S/C17H17Br2N3O3S/c1-2-3-14(23)20-17(26)22-21-15(24)9-25-13-7-4-10-8-11(18)5-6-12(10)16(13)19/h4-8H,2-3,9H2,1H3,(H,21,24)(H2,20,22,23,26). The number of rotatable bonds is 5. The molecule has 0 aliphatic carbocycles. The van der Waals surface area contributed by atoms with Crippen LogP contribution in [-0.2, 0) is 9.59 Å². The summed E-state index contributed by atoms with van der Waals surface area (Å²) in [7, 11) is 0. The number of benzene rings is 2. The Hall–Kier alpha value is -1.71. The number of hydrogen-bond donors (Lipinski definition) is 3. The fourth-order valence-electron chi connectivity index (χ4n) is 2.11. The third kappa shape index (κ3) is 5.93. The average Bonchev–Trinajstić information content (AvgIpc) is 2.59. The van der Waals surface area contributed by atoms with Crippen LogP contribution in [0.15, 0.2) is 39.3 Å². The molecule has 0 fully saturated rings. The van der Waals surface area contributed by atoms with Crippen molar-refractivity contribution in [3.63, 3.8) is 0 Å². The molecule has 0 aromatic heterocycles. The summed E-state index contributed by atoms with van der Waals surface area (Å²) in [5.41, 5.74) is 4.83. The van der Waals surface area contributed by atoms with Gasteiger partial charge < -0.3 is 10.1 Å². The number of thiocarbonyl (C=S) groups is 1. The average molecular weight is 503 g/mol. The fraction of sp³-hybridized carbons (Fsp3) is 0.235. The minimum absolute atomic E-state index is 0.0364. The van der Waals surface area contributed by atoms with Crippen LogP contribution in [-0.4, -0.2) is 23.5 Å². The molecule has 0 saturated carbocycles. The van der Waals surface area contributed by atoms with Crippen LogP contribution >= 0.6 is 44.1 Å². The van der Waals surface area contributed by atoms with Crippen molar-refractivity contribution in [2.45, 2.75) is 19.8 Å². The Bertz CT molecular complexity index is 845. The number of halogens is 2. The van der Waals surface area contributed by atoms with Crippen LogP contribution in [0.25, 0.3) is 10.8 Å². The van der Waals surface area contributed by atoms with Gasteiger partial charge in [0.25, 0.3) is 5.91 Å². The highest BCUT2D eigenvalue weighted by molar-refractivity contribution is 9.11. The molecule has 0 aliphatic heterocycles. The Kier molecular flexibility index (Phi) is 7.80. The van der Waals surface area contributed by atoms with Crippen molar-refractivity contribution in [2.24, 2.45) is 0 Å². The number of nitrogens with one attached hydrogen (secondary N) is 3. The predicted octanol–water partition coefficient (Wildman–Crippen LogP) is 3.57. The second-order valence-corrected chi connectivity index (χ2v) is 7.45. The van der Waals surface area contributed by atoms with Crippen LogP contribution in [0.4, 0.5) is 0 Å². The van der Waals surface area contributed by atoms with Crippen molar-refractivity contribution in [3.05, 3.63) is 39.3 Å². The highest BCUT2D eigenvalue weighted by atomic mass is 79.9. The minimum Gasteiger partial charge on any atom is -0.483 e. The summed E-state index contributed by atoms with van der Waals surface area (Å²) in [4.78, 5) is 23.2. The quantitative estimate of drug-likeness (QED) is 0.430. The van der Waals surface area contributed by atoms with Crippen molar-refractivity contribution in [1.82, 2.24) is 16.2 Å². The molecule has 26 heavy (non-hydrogen) atoms. The lowest BCUT2D eigenvalue weighted by Gasteiger charge is -2.12. The van der Waals surface area contributed by atoms with E-state index in [1.54, 1.807) is 6.07 Å². The van der Waals surface area contributed by atoms with Gasteiger partial charge in [0.2, 0.25) is 5.91 Å². The fourth-order valence-corrected chi connectivity index (χ4v) is 3.26. The molecule has 138 valence electrons. The molecule has 0 unspecified atom stereocenters. The van der Waals surface area contributed by atoms with E-state index in [0.29, 0.717) is 18.6 Å². The topological polar surface area (TPSA) is 79.5 Å². The summed E-state index contributed by atoms with van der Waals surface area (Å²) >= 11 is 11.9. The second kappa shape index (κ2) is 9.84. The first kappa shape index (κ1) is 20.6. The van der Waals surface area contributed by atoms with E-state index >= 15 is 0 Å².